The number of thiazole rings is 1. The summed E-state index contributed by atoms with van der Waals surface area (Å²) >= 11 is 3.09. The van der Waals surface area contributed by atoms with Gasteiger partial charge < -0.3 is 9.88 Å². The van der Waals surface area contributed by atoms with Crippen LogP contribution in [0.25, 0.3) is 21.6 Å². The molecular formula is C23H22FN5OS2. The highest BCUT2D eigenvalue weighted by Gasteiger charge is 2.18. The summed E-state index contributed by atoms with van der Waals surface area (Å²) in [5.41, 5.74) is 1.89. The average Bonchev–Trinajstić information content (AvgIpc) is 3.31. The number of nitrogens with zero attached hydrogens (tertiary/aromatic N) is 4. The maximum atomic E-state index is 14.4. The fraction of sp³-hybridized carbons (Fsp3) is 0.304. The summed E-state index contributed by atoms with van der Waals surface area (Å²) in [5.74, 6) is 1.85. The number of carbonyl (C=O) groups is 1. The number of para-hydroxylation sites is 1. The van der Waals surface area contributed by atoms with Gasteiger partial charge in [0, 0.05) is 24.3 Å². The molecule has 5 rings (SSSR count). The molecule has 9 heteroatoms. The van der Waals surface area contributed by atoms with Crippen LogP contribution in [0.3, 0.4) is 0 Å². The summed E-state index contributed by atoms with van der Waals surface area (Å²) in [4.78, 5) is 17.0. The lowest BCUT2D eigenvalue weighted by molar-refractivity contribution is -0.113. The lowest BCUT2D eigenvalue weighted by atomic mass is 10.1. The van der Waals surface area contributed by atoms with Crippen molar-refractivity contribution in [2.45, 2.75) is 38.0 Å². The molecule has 0 aliphatic carbocycles. The van der Waals surface area contributed by atoms with Gasteiger partial charge in [-0.3, -0.25) is 4.79 Å². The molecule has 1 N–H and O–H groups in total. The van der Waals surface area contributed by atoms with Gasteiger partial charge in [0.15, 0.2) is 5.82 Å². The summed E-state index contributed by atoms with van der Waals surface area (Å²) in [6, 6.07) is 12.7. The van der Waals surface area contributed by atoms with E-state index in [-0.39, 0.29) is 17.3 Å². The monoisotopic (exact) mass is 467 g/mol. The molecule has 3 heterocycles. The van der Waals surface area contributed by atoms with Crippen LogP contribution in [0.15, 0.2) is 42.5 Å². The molecule has 0 radical (unpaired) electrons. The van der Waals surface area contributed by atoms with E-state index in [0.29, 0.717) is 5.75 Å². The first-order valence-corrected chi connectivity index (χ1v) is 12.6. The van der Waals surface area contributed by atoms with Gasteiger partial charge in [0.1, 0.15) is 16.6 Å². The summed E-state index contributed by atoms with van der Waals surface area (Å²) < 4.78 is 17.7. The Morgan fingerprint density at radius 2 is 2.06 bits per heavy atom. The molecule has 0 saturated carbocycles. The number of carbonyl (C=O) groups excluding carboxylic acids is 1. The number of anilines is 1. The number of nitrogens with one attached hydrogen (secondary N) is 1. The third-order valence-electron chi connectivity index (χ3n) is 5.41. The van der Waals surface area contributed by atoms with Crippen molar-refractivity contribution in [1.29, 1.82) is 0 Å². The van der Waals surface area contributed by atoms with E-state index < -0.39 is 5.82 Å². The topological polar surface area (TPSA) is 72.7 Å². The Kier molecular flexibility index (Phi) is 6.18. The molecule has 6 nitrogen and oxygen atoms in total. The van der Waals surface area contributed by atoms with Crippen LogP contribution in [0, 0.1) is 5.82 Å². The third-order valence-corrected chi connectivity index (χ3v) is 7.57. The molecule has 4 aromatic rings. The largest absolute Gasteiger partial charge is 0.323 e. The molecule has 0 spiro atoms. The van der Waals surface area contributed by atoms with Crippen LogP contribution in [0.5, 0.6) is 0 Å². The number of amides is 1. The number of thioether (sulfide) groups is 1. The van der Waals surface area contributed by atoms with Crippen molar-refractivity contribution in [3.8, 4) is 11.4 Å². The summed E-state index contributed by atoms with van der Waals surface area (Å²) in [6.45, 7) is 0.860. The number of aryl methyl sites for hydroxylation is 1. The second-order valence-corrected chi connectivity index (χ2v) is 9.81. The normalized spacial score (nSPS) is 13.7. The Bertz CT molecular complexity index is 1240. The summed E-state index contributed by atoms with van der Waals surface area (Å²) in [7, 11) is 0. The molecule has 0 fully saturated rings. The highest BCUT2D eigenvalue weighted by molar-refractivity contribution is 7.99. The molecule has 0 saturated heterocycles. The Hall–Kier alpha value is -2.78. The molecule has 2 aromatic heterocycles. The van der Waals surface area contributed by atoms with E-state index in [4.69, 9.17) is 0 Å². The van der Waals surface area contributed by atoms with Gasteiger partial charge >= 0.3 is 0 Å². The van der Waals surface area contributed by atoms with Crippen LogP contribution in [0.4, 0.5) is 10.1 Å². The predicted molar refractivity (Wildman–Crippen MR) is 127 cm³/mol. The van der Waals surface area contributed by atoms with Crippen molar-refractivity contribution in [1.82, 2.24) is 19.7 Å². The van der Waals surface area contributed by atoms with Gasteiger partial charge in [0.2, 0.25) is 5.91 Å². The van der Waals surface area contributed by atoms with Gasteiger partial charge in [0.25, 0.3) is 0 Å². The van der Waals surface area contributed by atoms with Crippen LogP contribution in [-0.4, -0.2) is 31.4 Å². The molecule has 1 aliphatic heterocycles. The Balaban J connectivity index is 1.24. The SMILES string of the molecule is O=C(CSCc1nc2ccccc2s1)Nc1cc(-c2nnc3n2CCCCC3)ccc1F. The molecule has 32 heavy (non-hydrogen) atoms. The fourth-order valence-corrected chi connectivity index (χ4v) is 5.70. The average molecular weight is 468 g/mol. The van der Waals surface area contributed by atoms with Crippen LogP contribution < -0.4 is 5.32 Å². The van der Waals surface area contributed by atoms with Crippen LogP contribution in [0.1, 0.15) is 30.1 Å². The highest BCUT2D eigenvalue weighted by Crippen LogP contribution is 2.27. The van der Waals surface area contributed by atoms with Crippen molar-refractivity contribution >= 4 is 44.9 Å². The van der Waals surface area contributed by atoms with Gasteiger partial charge in [-0.25, -0.2) is 9.37 Å². The van der Waals surface area contributed by atoms with Crippen molar-refractivity contribution in [2.75, 3.05) is 11.1 Å². The van der Waals surface area contributed by atoms with E-state index in [0.717, 1.165) is 58.2 Å². The van der Waals surface area contributed by atoms with Crippen LogP contribution in [-0.2, 0) is 23.5 Å². The maximum Gasteiger partial charge on any atom is 0.234 e. The van der Waals surface area contributed by atoms with E-state index in [2.05, 4.69) is 25.1 Å². The van der Waals surface area contributed by atoms with Gasteiger partial charge in [-0.05, 0) is 43.2 Å². The van der Waals surface area contributed by atoms with Crippen molar-refractivity contribution in [3.63, 3.8) is 0 Å². The standard InChI is InChI=1S/C23H22FN5OS2/c24-16-10-9-15(23-28-27-20-8-2-1-5-11-29(20)23)12-18(16)25-21(30)13-31-14-22-26-17-6-3-4-7-19(17)32-22/h3-4,6-7,9-10,12H,1-2,5,8,11,13-14H2,(H,25,30). The third kappa shape index (κ3) is 4.54. The minimum Gasteiger partial charge on any atom is -0.323 e. The molecule has 0 bridgehead atoms. The fourth-order valence-electron chi connectivity index (χ4n) is 3.86. The number of aromatic nitrogens is 4. The van der Waals surface area contributed by atoms with Gasteiger partial charge in [-0.15, -0.1) is 33.3 Å². The second-order valence-electron chi connectivity index (χ2n) is 7.71. The smallest absolute Gasteiger partial charge is 0.234 e. The number of hydrogen-bond donors (Lipinski definition) is 1. The van der Waals surface area contributed by atoms with Gasteiger partial charge in [0.05, 0.1) is 21.7 Å². The lowest BCUT2D eigenvalue weighted by Gasteiger charge is -2.10. The van der Waals surface area contributed by atoms with E-state index >= 15 is 0 Å². The minimum atomic E-state index is -0.464. The number of halogens is 1. The first kappa shape index (κ1) is 21.1. The molecular weight excluding hydrogens is 445 g/mol. The zero-order valence-corrected chi connectivity index (χ0v) is 19.0. The number of benzene rings is 2. The summed E-state index contributed by atoms with van der Waals surface area (Å²) in [5, 5.41) is 12.3. The van der Waals surface area contributed by atoms with Crippen molar-refractivity contribution < 1.29 is 9.18 Å². The second kappa shape index (κ2) is 9.38. The lowest BCUT2D eigenvalue weighted by Crippen LogP contribution is -2.15. The van der Waals surface area contributed by atoms with Crippen molar-refractivity contribution in [3.05, 3.63) is 59.1 Å². The predicted octanol–water partition coefficient (Wildman–Crippen LogP) is 5.29. The molecule has 2 aromatic carbocycles. The van der Waals surface area contributed by atoms with E-state index in [9.17, 15) is 9.18 Å². The molecule has 1 amide bonds. The quantitative estimate of drug-likeness (QED) is 0.417. The zero-order valence-electron chi connectivity index (χ0n) is 17.4. The Labute approximate surface area is 193 Å². The van der Waals surface area contributed by atoms with E-state index in [1.54, 1.807) is 23.5 Å². The minimum absolute atomic E-state index is 0.166. The van der Waals surface area contributed by atoms with E-state index in [1.807, 2.05) is 24.3 Å². The first-order valence-electron chi connectivity index (χ1n) is 10.6. The van der Waals surface area contributed by atoms with Crippen LogP contribution in [0.2, 0.25) is 0 Å². The zero-order chi connectivity index (χ0) is 21.9. The first-order chi connectivity index (χ1) is 15.7. The highest BCUT2D eigenvalue weighted by atomic mass is 32.2. The number of rotatable bonds is 6. The number of fused-ring (bicyclic) bond motifs is 2. The van der Waals surface area contributed by atoms with Crippen molar-refractivity contribution in [2.24, 2.45) is 0 Å². The number of hydrogen-bond acceptors (Lipinski definition) is 6. The molecule has 164 valence electrons. The van der Waals surface area contributed by atoms with E-state index in [1.165, 1.54) is 24.2 Å². The van der Waals surface area contributed by atoms with Crippen LogP contribution >= 0.6 is 23.1 Å². The maximum absolute atomic E-state index is 14.4. The van der Waals surface area contributed by atoms with Gasteiger partial charge in [-0.1, -0.05) is 18.6 Å². The Morgan fingerprint density at radius 1 is 1.16 bits per heavy atom. The molecule has 1 aliphatic rings. The molecule has 0 atom stereocenters. The van der Waals surface area contributed by atoms with Gasteiger partial charge in [-0.2, -0.15) is 0 Å². The summed E-state index contributed by atoms with van der Waals surface area (Å²) in [6.07, 6.45) is 4.26. The Morgan fingerprint density at radius 3 is 2.97 bits per heavy atom. The molecule has 0 unspecified atom stereocenters.